The van der Waals surface area contributed by atoms with Crippen molar-refractivity contribution in [1.29, 1.82) is 0 Å². The van der Waals surface area contributed by atoms with E-state index >= 15 is 0 Å². The highest BCUT2D eigenvalue weighted by atomic mass is 19.4. The second-order valence-electron chi connectivity index (χ2n) is 12.3. The molecule has 7 nitrogen and oxygen atoms in total. The first kappa shape index (κ1) is 34.3. The maximum atomic E-state index is 13.9. The fourth-order valence-electron chi connectivity index (χ4n) is 5.57. The number of alkyl halides is 3. The Balaban J connectivity index is 1.62. The average Bonchev–Trinajstić information content (AvgIpc) is 3.31. The molecule has 4 rings (SSSR count). The number of amides is 2. The lowest BCUT2D eigenvalue weighted by Crippen LogP contribution is -2.52. The molecule has 1 aliphatic rings. The van der Waals surface area contributed by atoms with Crippen molar-refractivity contribution in [3.63, 3.8) is 0 Å². The highest BCUT2D eigenvalue weighted by molar-refractivity contribution is 5.88. The van der Waals surface area contributed by atoms with Gasteiger partial charge in [0.25, 0.3) is 0 Å². The van der Waals surface area contributed by atoms with Gasteiger partial charge in [-0.25, -0.2) is 4.79 Å². The molecule has 0 aromatic heterocycles. The van der Waals surface area contributed by atoms with E-state index in [1.807, 2.05) is 48.5 Å². The molecule has 1 atom stereocenters. The Morgan fingerprint density at radius 2 is 1.48 bits per heavy atom. The van der Waals surface area contributed by atoms with Gasteiger partial charge in [0.1, 0.15) is 24.8 Å². The fraction of sp³-hybridized carbons (Fsp3) is 0.361. The SMILES string of the molecule is C=CCCN(C(=O)OCC1c2ccccc2-c2ccccc21)[C@@H](Cc1ccc(C(F)(F)F)cc1)C(=O)N(C)CC(=O)OC(C)(C)C. The van der Waals surface area contributed by atoms with E-state index in [2.05, 4.69) is 6.58 Å². The Labute approximate surface area is 267 Å². The van der Waals surface area contributed by atoms with Crippen LogP contribution in [0.4, 0.5) is 18.0 Å². The summed E-state index contributed by atoms with van der Waals surface area (Å²) >= 11 is 0. The van der Waals surface area contributed by atoms with Crippen molar-refractivity contribution in [3.05, 3.63) is 108 Å². The quantitative estimate of drug-likeness (QED) is 0.164. The van der Waals surface area contributed by atoms with E-state index in [0.29, 0.717) is 12.0 Å². The minimum absolute atomic E-state index is 0.00634. The average molecular weight is 637 g/mol. The third-order valence-electron chi connectivity index (χ3n) is 7.68. The Morgan fingerprint density at radius 1 is 0.913 bits per heavy atom. The Bertz CT molecular complexity index is 1520. The number of nitrogens with zero attached hydrogens (tertiary/aromatic N) is 2. The zero-order valence-electron chi connectivity index (χ0n) is 26.5. The molecule has 0 radical (unpaired) electrons. The number of halogens is 3. The number of hydrogen-bond donors (Lipinski definition) is 0. The van der Waals surface area contributed by atoms with Gasteiger partial charge >= 0.3 is 18.2 Å². The van der Waals surface area contributed by atoms with Gasteiger partial charge in [-0.15, -0.1) is 6.58 Å². The standard InChI is InChI=1S/C36H39F3N2O5/c1-6-7-20-41(34(44)45-23-30-28-14-10-8-12-26(28)27-13-9-11-15-29(27)30)31(21-24-16-18-25(19-17-24)36(37,38)39)33(43)40(5)22-32(42)46-35(2,3)4/h6,8-19,30-31H,1,7,20-23H2,2-5H3/t31-/m0/s1. The highest BCUT2D eigenvalue weighted by Gasteiger charge is 2.36. The molecule has 244 valence electrons. The molecule has 46 heavy (non-hydrogen) atoms. The number of hydrogen-bond acceptors (Lipinski definition) is 5. The van der Waals surface area contributed by atoms with Crippen molar-refractivity contribution in [3.8, 4) is 11.1 Å². The van der Waals surface area contributed by atoms with E-state index in [9.17, 15) is 27.6 Å². The van der Waals surface area contributed by atoms with Gasteiger partial charge in [-0.2, -0.15) is 13.2 Å². The predicted molar refractivity (Wildman–Crippen MR) is 169 cm³/mol. The number of likely N-dealkylation sites (N-methyl/N-ethyl adjacent to an activating group) is 1. The second kappa shape index (κ2) is 14.2. The number of carbonyl (C=O) groups excluding carboxylic acids is 3. The molecular weight excluding hydrogens is 597 g/mol. The van der Waals surface area contributed by atoms with Crippen LogP contribution in [0.15, 0.2) is 85.5 Å². The normalized spacial score (nSPS) is 13.3. The van der Waals surface area contributed by atoms with E-state index in [-0.39, 0.29) is 32.0 Å². The smallest absolute Gasteiger partial charge is 0.416 e. The summed E-state index contributed by atoms with van der Waals surface area (Å²) in [6, 6.07) is 19.0. The van der Waals surface area contributed by atoms with Crippen LogP contribution in [0.25, 0.3) is 11.1 Å². The van der Waals surface area contributed by atoms with Gasteiger partial charge in [0.05, 0.1) is 5.56 Å². The van der Waals surface area contributed by atoms with Crippen LogP contribution in [-0.2, 0) is 31.7 Å². The molecule has 0 aliphatic heterocycles. The summed E-state index contributed by atoms with van der Waals surface area (Å²) in [6.45, 7) is 8.52. The maximum absolute atomic E-state index is 13.9. The summed E-state index contributed by atoms with van der Waals surface area (Å²) in [5, 5.41) is 0. The summed E-state index contributed by atoms with van der Waals surface area (Å²) in [5.74, 6) is -1.46. The lowest BCUT2D eigenvalue weighted by molar-refractivity contribution is -0.159. The molecule has 0 saturated heterocycles. The minimum atomic E-state index is -4.53. The van der Waals surface area contributed by atoms with Gasteiger partial charge < -0.3 is 14.4 Å². The minimum Gasteiger partial charge on any atom is -0.459 e. The first-order valence-corrected chi connectivity index (χ1v) is 15.0. The molecule has 10 heteroatoms. The van der Waals surface area contributed by atoms with Crippen LogP contribution in [-0.4, -0.2) is 66.2 Å². The van der Waals surface area contributed by atoms with Gasteiger partial charge in [-0.05, 0) is 67.1 Å². The first-order valence-electron chi connectivity index (χ1n) is 15.0. The topological polar surface area (TPSA) is 76.2 Å². The van der Waals surface area contributed by atoms with Crippen LogP contribution in [0.3, 0.4) is 0 Å². The van der Waals surface area contributed by atoms with Crippen molar-refractivity contribution in [2.24, 2.45) is 0 Å². The molecule has 3 aromatic carbocycles. The summed E-state index contributed by atoms with van der Waals surface area (Å²) in [5.41, 5.74) is 2.93. The molecule has 3 aromatic rings. The Kier molecular flexibility index (Phi) is 10.6. The monoisotopic (exact) mass is 636 g/mol. The van der Waals surface area contributed by atoms with E-state index < -0.39 is 41.4 Å². The lowest BCUT2D eigenvalue weighted by atomic mass is 9.98. The molecule has 1 aliphatic carbocycles. The van der Waals surface area contributed by atoms with E-state index in [0.717, 1.165) is 39.3 Å². The van der Waals surface area contributed by atoms with Crippen LogP contribution < -0.4 is 0 Å². The largest absolute Gasteiger partial charge is 0.459 e. The number of benzene rings is 3. The van der Waals surface area contributed by atoms with E-state index in [1.54, 1.807) is 26.8 Å². The van der Waals surface area contributed by atoms with Crippen molar-refractivity contribution >= 4 is 18.0 Å². The Hall–Kier alpha value is -4.60. The molecule has 0 unspecified atom stereocenters. The van der Waals surface area contributed by atoms with Crippen LogP contribution in [0.1, 0.15) is 55.4 Å². The molecule has 0 bridgehead atoms. The molecular formula is C36H39F3N2O5. The summed E-state index contributed by atoms with van der Waals surface area (Å²) in [6.07, 6.45) is -3.50. The second-order valence-corrected chi connectivity index (χ2v) is 12.3. The maximum Gasteiger partial charge on any atom is 0.416 e. The van der Waals surface area contributed by atoms with Crippen LogP contribution in [0.5, 0.6) is 0 Å². The van der Waals surface area contributed by atoms with Crippen LogP contribution in [0.2, 0.25) is 0 Å². The molecule has 0 N–H and O–H groups in total. The van der Waals surface area contributed by atoms with Crippen molar-refractivity contribution in [2.75, 3.05) is 26.7 Å². The number of fused-ring (bicyclic) bond motifs is 3. The summed E-state index contributed by atoms with van der Waals surface area (Å²) < 4.78 is 51.0. The molecule has 0 heterocycles. The third-order valence-corrected chi connectivity index (χ3v) is 7.68. The van der Waals surface area contributed by atoms with Crippen molar-refractivity contribution in [1.82, 2.24) is 9.80 Å². The van der Waals surface area contributed by atoms with Gasteiger partial charge in [-0.3, -0.25) is 14.5 Å². The highest BCUT2D eigenvalue weighted by Crippen LogP contribution is 2.44. The zero-order valence-corrected chi connectivity index (χ0v) is 26.5. The van der Waals surface area contributed by atoms with Gasteiger partial charge in [-0.1, -0.05) is 66.7 Å². The number of ether oxygens (including phenoxy) is 2. The van der Waals surface area contributed by atoms with Crippen molar-refractivity contribution in [2.45, 2.75) is 57.3 Å². The van der Waals surface area contributed by atoms with Gasteiger partial charge in [0.2, 0.25) is 5.91 Å². The molecule has 2 amide bonds. The molecule has 0 saturated carbocycles. The predicted octanol–water partition coefficient (Wildman–Crippen LogP) is 7.24. The lowest BCUT2D eigenvalue weighted by Gasteiger charge is -2.33. The zero-order chi connectivity index (χ0) is 33.6. The third kappa shape index (κ3) is 8.35. The van der Waals surface area contributed by atoms with Gasteiger partial charge in [0.15, 0.2) is 0 Å². The van der Waals surface area contributed by atoms with E-state index in [1.165, 1.54) is 24.1 Å². The van der Waals surface area contributed by atoms with Crippen LogP contribution in [0, 0.1) is 0 Å². The molecule has 0 spiro atoms. The summed E-state index contributed by atoms with van der Waals surface area (Å²) in [4.78, 5) is 42.8. The number of carbonyl (C=O) groups is 3. The fourth-order valence-corrected chi connectivity index (χ4v) is 5.57. The van der Waals surface area contributed by atoms with Gasteiger partial charge in [0, 0.05) is 25.9 Å². The van der Waals surface area contributed by atoms with E-state index in [4.69, 9.17) is 9.47 Å². The van der Waals surface area contributed by atoms with Crippen molar-refractivity contribution < 1.29 is 37.0 Å². The Morgan fingerprint density at radius 3 is 2.00 bits per heavy atom. The van der Waals surface area contributed by atoms with Crippen LogP contribution >= 0.6 is 0 Å². The molecule has 0 fully saturated rings. The first-order chi connectivity index (χ1) is 21.7. The summed E-state index contributed by atoms with van der Waals surface area (Å²) in [7, 11) is 1.41. The number of esters is 1. The number of rotatable bonds is 11.